The van der Waals surface area contributed by atoms with Gasteiger partial charge in [-0.05, 0) is 31.2 Å². The first-order valence-electron chi connectivity index (χ1n) is 6.28. The molecule has 0 radical (unpaired) electrons. The first-order valence-corrected chi connectivity index (χ1v) is 6.28. The van der Waals surface area contributed by atoms with E-state index < -0.39 is 0 Å². The van der Waals surface area contributed by atoms with Gasteiger partial charge in [-0.1, -0.05) is 0 Å². The van der Waals surface area contributed by atoms with Crippen LogP contribution in [-0.4, -0.2) is 23.5 Å². The van der Waals surface area contributed by atoms with Gasteiger partial charge in [0.2, 0.25) is 11.8 Å². The average molecular weight is 277 g/mol. The molecular weight excluding hydrogens is 261 g/mol. The topological polar surface area (TPSA) is 81.1 Å². The fraction of sp³-hybridized carbons (Fsp3) is 0.286. The molecule has 1 aromatic carbocycles. The molecule has 2 aromatic rings. The van der Waals surface area contributed by atoms with Crippen molar-refractivity contribution in [2.24, 2.45) is 5.73 Å². The van der Waals surface area contributed by atoms with Gasteiger partial charge >= 0.3 is 0 Å². The summed E-state index contributed by atoms with van der Waals surface area (Å²) in [6.07, 6.45) is 1.54. The number of nitrogens with two attached hydrogens (primary N) is 1. The number of amides is 1. The Morgan fingerprint density at radius 3 is 2.80 bits per heavy atom. The van der Waals surface area contributed by atoms with Crippen LogP contribution in [0.3, 0.4) is 0 Å². The standard InChI is InChI=1S/C14H16FN3O2/c1-9(7-16)17-13(19)6-12-8-20-14(18-12)10-2-4-11(15)5-3-10/h2-5,8-9H,6-7,16H2,1H3,(H,17,19)/t9-/m0/s1. The van der Waals surface area contributed by atoms with E-state index >= 15 is 0 Å². The predicted octanol–water partition coefficient (Wildman–Crippen LogP) is 1.49. The highest BCUT2D eigenvalue weighted by Gasteiger charge is 2.11. The van der Waals surface area contributed by atoms with Crippen LogP contribution in [0.1, 0.15) is 12.6 Å². The lowest BCUT2D eigenvalue weighted by Crippen LogP contribution is -2.38. The van der Waals surface area contributed by atoms with Crippen molar-refractivity contribution in [2.45, 2.75) is 19.4 Å². The van der Waals surface area contributed by atoms with Crippen molar-refractivity contribution < 1.29 is 13.6 Å². The zero-order valence-electron chi connectivity index (χ0n) is 11.1. The van der Waals surface area contributed by atoms with E-state index in [2.05, 4.69) is 10.3 Å². The van der Waals surface area contributed by atoms with E-state index in [1.54, 1.807) is 12.1 Å². The number of carbonyl (C=O) groups is 1. The van der Waals surface area contributed by atoms with E-state index in [4.69, 9.17) is 10.2 Å². The number of benzene rings is 1. The molecule has 0 bridgehead atoms. The van der Waals surface area contributed by atoms with Crippen LogP contribution in [0.4, 0.5) is 4.39 Å². The highest BCUT2D eigenvalue weighted by molar-refractivity contribution is 5.78. The molecule has 3 N–H and O–H groups in total. The molecule has 0 aliphatic heterocycles. The van der Waals surface area contributed by atoms with E-state index in [9.17, 15) is 9.18 Å². The normalized spacial score (nSPS) is 12.2. The number of nitrogens with one attached hydrogen (secondary N) is 1. The Morgan fingerprint density at radius 1 is 1.45 bits per heavy atom. The summed E-state index contributed by atoms with van der Waals surface area (Å²) in [6, 6.07) is 5.72. The summed E-state index contributed by atoms with van der Waals surface area (Å²) in [5, 5.41) is 2.74. The van der Waals surface area contributed by atoms with Crippen molar-refractivity contribution in [1.82, 2.24) is 10.3 Å². The molecule has 0 aliphatic rings. The van der Waals surface area contributed by atoms with Gasteiger partial charge in [-0.2, -0.15) is 0 Å². The summed E-state index contributed by atoms with van der Waals surface area (Å²) in [7, 11) is 0. The molecule has 0 saturated heterocycles. The summed E-state index contributed by atoms with van der Waals surface area (Å²) >= 11 is 0. The lowest BCUT2D eigenvalue weighted by Gasteiger charge is -2.09. The Kier molecular flexibility index (Phi) is 4.47. The molecule has 0 saturated carbocycles. The van der Waals surface area contributed by atoms with Gasteiger partial charge in [0.05, 0.1) is 12.1 Å². The van der Waals surface area contributed by atoms with Gasteiger partial charge in [0.1, 0.15) is 12.1 Å². The highest BCUT2D eigenvalue weighted by atomic mass is 19.1. The monoisotopic (exact) mass is 277 g/mol. The molecule has 0 spiro atoms. The van der Waals surface area contributed by atoms with Crippen LogP contribution >= 0.6 is 0 Å². The van der Waals surface area contributed by atoms with Crippen molar-refractivity contribution >= 4 is 5.91 Å². The van der Waals surface area contributed by atoms with Gasteiger partial charge in [-0.15, -0.1) is 0 Å². The van der Waals surface area contributed by atoms with Gasteiger partial charge in [0.15, 0.2) is 0 Å². The number of halogens is 1. The van der Waals surface area contributed by atoms with E-state index in [1.807, 2.05) is 6.92 Å². The second-order valence-corrected chi connectivity index (χ2v) is 4.53. The molecule has 6 heteroatoms. The maximum absolute atomic E-state index is 12.8. The van der Waals surface area contributed by atoms with Crippen molar-refractivity contribution in [3.8, 4) is 11.5 Å². The van der Waals surface area contributed by atoms with Crippen LogP contribution in [0.25, 0.3) is 11.5 Å². The van der Waals surface area contributed by atoms with Gasteiger partial charge in [0, 0.05) is 18.2 Å². The fourth-order valence-electron chi connectivity index (χ4n) is 1.66. The Bertz CT molecular complexity index is 580. The first kappa shape index (κ1) is 14.2. The number of rotatable bonds is 5. The van der Waals surface area contributed by atoms with Gasteiger partial charge < -0.3 is 15.5 Å². The lowest BCUT2D eigenvalue weighted by molar-refractivity contribution is -0.121. The zero-order chi connectivity index (χ0) is 14.5. The molecule has 1 heterocycles. The van der Waals surface area contributed by atoms with Crippen molar-refractivity contribution in [2.75, 3.05) is 6.54 Å². The minimum Gasteiger partial charge on any atom is -0.444 e. The molecule has 0 aliphatic carbocycles. The molecule has 20 heavy (non-hydrogen) atoms. The summed E-state index contributed by atoms with van der Waals surface area (Å²) in [5.74, 6) is -0.128. The second-order valence-electron chi connectivity index (χ2n) is 4.53. The molecule has 0 unspecified atom stereocenters. The van der Waals surface area contributed by atoms with Crippen molar-refractivity contribution in [3.63, 3.8) is 0 Å². The van der Waals surface area contributed by atoms with Crippen LogP contribution in [-0.2, 0) is 11.2 Å². The number of carbonyl (C=O) groups excluding carboxylic acids is 1. The van der Waals surface area contributed by atoms with E-state index in [-0.39, 0.29) is 24.2 Å². The second kappa shape index (κ2) is 6.29. The Labute approximate surface area is 116 Å². The number of hydrogen-bond acceptors (Lipinski definition) is 4. The summed E-state index contributed by atoms with van der Waals surface area (Å²) < 4.78 is 18.1. The molecule has 1 aromatic heterocycles. The maximum Gasteiger partial charge on any atom is 0.226 e. The molecule has 1 amide bonds. The van der Waals surface area contributed by atoms with Gasteiger partial charge in [-0.25, -0.2) is 9.37 Å². The highest BCUT2D eigenvalue weighted by Crippen LogP contribution is 2.19. The largest absolute Gasteiger partial charge is 0.444 e. The molecular formula is C14H16FN3O2. The quantitative estimate of drug-likeness (QED) is 0.867. The molecule has 2 rings (SSSR count). The Hall–Kier alpha value is -2.21. The summed E-state index contributed by atoms with van der Waals surface area (Å²) in [4.78, 5) is 15.9. The number of aromatic nitrogens is 1. The number of hydrogen-bond donors (Lipinski definition) is 2. The maximum atomic E-state index is 12.8. The summed E-state index contributed by atoms with van der Waals surface area (Å²) in [6.45, 7) is 2.20. The molecule has 106 valence electrons. The summed E-state index contributed by atoms with van der Waals surface area (Å²) in [5.41, 5.74) is 6.61. The number of oxazole rings is 1. The minimum atomic E-state index is -0.323. The lowest BCUT2D eigenvalue weighted by atomic mass is 10.2. The van der Waals surface area contributed by atoms with Crippen molar-refractivity contribution in [3.05, 3.63) is 42.0 Å². The molecule has 1 atom stereocenters. The Morgan fingerprint density at radius 2 is 2.15 bits per heavy atom. The van der Waals surface area contributed by atoms with Crippen LogP contribution in [0, 0.1) is 5.82 Å². The zero-order valence-corrected chi connectivity index (χ0v) is 11.1. The average Bonchev–Trinajstić information content (AvgIpc) is 2.87. The van der Waals surface area contributed by atoms with Crippen LogP contribution in [0.5, 0.6) is 0 Å². The van der Waals surface area contributed by atoms with Crippen LogP contribution < -0.4 is 11.1 Å². The number of nitrogens with zero attached hydrogens (tertiary/aromatic N) is 1. The smallest absolute Gasteiger partial charge is 0.226 e. The third-order valence-electron chi connectivity index (χ3n) is 2.75. The SMILES string of the molecule is C[C@@H](CN)NC(=O)Cc1coc(-c2ccc(F)cc2)n1. The third-order valence-corrected chi connectivity index (χ3v) is 2.75. The first-order chi connectivity index (χ1) is 9.58. The van der Waals surface area contributed by atoms with Crippen LogP contribution in [0.15, 0.2) is 34.9 Å². The van der Waals surface area contributed by atoms with E-state index in [0.717, 1.165) is 0 Å². The molecule has 0 fully saturated rings. The fourth-order valence-corrected chi connectivity index (χ4v) is 1.66. The van der Waals surface area contributed by atoms with E-state index in [1.165, 1.54) is 18.4 Å². The third kappa shape index (κ3) is 3.64. The predicted molar refractivity (Wildman–Crippen MR) is 72.3 cm³/mol. The van der Waals surface area contributed by atoms with Crippen LogP contribution in [0.2, 0.25) is 0 Å². The minimum absolute atomic E-state index is 0.0778. The van der Waals surface area contributed by atoms with Crippen molar-refractivity contribution in [1.29, 1.82) is 0 Å². The van der Waals surface area contributed by atoms with Gasteiger partial charge in [0.25, 0.3) is 0 Å². The Balaban J connectivity index is 2.02. The molecule has 5 nitrogen and oxygen atoms in total. The van der Waals surface area contributed by atoms with Gasteiger partial charge in [-0.3, -0.25) is 4.79 Å². The van der Waals surface area contributed by atoms with E-state index in [0.29, 0.717) is 23.7 Å².